The lowest BCUT2D eigenvalue weighted by atomic mass is 10.2. The van der Waals surface area contributed by atoms with E-state index in [4.69, 9.17) is 11.0 Å². The molecule has 0 spiro atoms. The highest BCUT2D eigenvalue weighted by molar-refractivity contribution is 8.56. The lowest BCUT2D eigenvalue weighted by molar-refractivity contribution is 0.587. The van der Waals surface area contributed by atoms with Crippen LogP contribution in [0.25, 0.3) is 0 Å². The molecule has 0 aromatic heterocycles. The van der Waals surface area contributed by atoms with Crippen molar-refractivity contribution >= 4 is 18.0 Å². The second-order valence-corrected chi connectivity index (χ2v) is 7.18. The Labute approximate surface area is 82.1 Å². The predicted octanol–water partition coefficient (Wildman–Crippen LogP) is 2.42. The summed E-state index contributed by atoms with van der Waals surface area (Å²) in [4.78, 5) is 0.888. The highest BCUT2D eigenvalue weighted by atomic mass is 32.7. The van der Waals surface area contributed by atoms with Crippen LogP contribution in [-0.4, -0.2) is 0 Å². The summed E-state index contributed by atoms with van der Waals surface area (Å²) in [5, 5.41) is 0. The molecule has 0 atom stereocenters. The van der Waals surface area contributed by atoms with Crippen LogP contribution in [0.3, 0.4) is 0 Å². The molecule has 1 rings (SSSR count). The molecule has 0 saturated heterocycles. The average molecular weight is 216 g/mol. The van der Waals surface area contributed by atoms with Crippen LogP contribution in [0.2, 0.25) is 0 Å². The molecule has 5 heteroatoms. The fourth-order valence-corrected chi connectivity index (χ4v) is 3.23. The maximum absolute atomic E-state index is 11.1. The first-order valence-electron chi connectivity index (χ1n) is 3.82. The molecule has 0 amide bonds. The monoisotopic (exact) mass is 216 g/mol. The van der Waals surface area contributed by atoms with E-state index in [1.54, 1.807) is 0 Å². The number of rotatable bonds is 2. The van der Waals surface area contributed by atoms with E-state index in [0.29, 0.717) is 0 Å². The maximum atomic E-state index is 11.1. The van der Waals surface area contributed by atoms with Crippen LogP contribution in [-0.2, 0) is 4.57 Å². The van der Waals surface area contributed by atoms with Crippen molar-refractivity contribution in [2.75, 3.05) is 0 Å². The lowest BCUT2D eigenvalue weighted by Crippen LogP contribution is -2.00. The molecular formula is C8H13N2OPS. The van der Waals surface area contributed by atoms with Gasteiger partial charge in [-0.05, 0) is 36.9 Å². The molecule has 0 aliphatic carbocycles. The average Bonchev–Trinajstić information content (AvgIpc) is 1.93. The Morgan fingerprint density at radius 2 is 1.92 bits per heavy atom. The zero-order valence-electron chi connectivity index (χ0n) is 7.65. The lowest BCUT2D eigenvalue weighted by Gasteiger charge is -2.08. The Balaban J connectivity index is 2.97. The second-order valence-electron chi connectivity index (χ2n) is 3.01. The van der Waals surface area contributed by atoms with Crippen LogP contribution in [0.1, 0.15) is 11.1 Å². The Morgan fingerprint density at radius 1 is 1.31 bits per heavy atom. The first kappa shape index (κ1) is 10.8. The maximum Gasteiger partial charge on any atom is 0.265 e. The van der Waals surface area contributed by atoms with Crippen LogP contribution >= 0.6 is 18.0 Å². The van der Waals surface area contributed by atoms with Crippen molar-refractivity contribution in [2.24, 2.45) is 11.0 Å². The minimum atomic E-state index is -3.01. The van der Waals surface area contributed by atoms with Crippen molar-refractivity contribution < 1.29 is 4.57 Å². The van der Waals surface area contributed by atoms with Crippen LogP contribution in [0.4, 0.5) is 0 Å². The number of hydrogen-bond donors (Lipinski definition) is 2. The molecule has 0 fully saturated rings. The van der Waals surface area contributed by atoms with E-state index in [-0.39, 0.29) is 0 Å². The molecule has 72 valence electrons. The third kappa shape index (κ3) is 3.53. The van der Waals surface area contributed by atoms with Crippen molar-refractivity contribution in [3.8, 4) is 0 Å². The Kier molecular flexibility index (Phi) is 3.19. The van der Waals surface area contributed by atoms with Gasteiger partial charge in [-0.1, -0.05) is 17.7 Å². The summed E-state index contributed by atoms with van der Waals surface area (Å²) in [5.41, 5.74) is 12.8. The molecular weight excluding hydrogens is 203 g/mol. The van der Waals surface area contributed by atoms with Crippen LogP contribution in [0.15, 0.2) is 23.1 Å². The highest BCUT2D eigenvalue weighted by Gasteiger charge is 2.12. The van der Waals surface area contributed by atoms with Gasteiger partial charge >= 0.3 is 0 Å². The van der Waals surface area contributed by atoms with Gasteiger partial charge < -0.3 is 0 Å². The van der Waals surface area contributed by atoms with E-state index >= 15 is 0 Å². The molecule has 1 aromatic rings. The molecule has 0 aliphatic heterocycles. The summed E-state index contributed by atoms with van der Waals surface area (Å²) in [6.07, 6.45) is 0. The zero-order chi connectivity index (χ0) is 10.1. The van der Waals surface area contributed by atoms with Gasteiger partial charge in [0, 0.05) is 4.90 Å². The first-order valence-corrected chi connectivity index (χ1v) is 7.09. The van der Waals surface area contributed by atoms with Crippen LogP contribution < -0.4 is 11.0 Å². The summed E-state index contributed by atoms with van der Waals surface area (Å²) in [5.74, 6) is 0. The van der Waals surface area contributed by atoms with Crippen molar-refractivity contribution in [3.63, 3.8) is 0 Å². The Hall–Kier alpha value is -0.280. The number of benzene rings is 1. The van der Waals surface area contributed by atoms with Gasteiger partial charge in [-0.2, -0.15) is 0 Å². The SMILES string of the molecule is Cc1ccc(SP(N)(N)=O)c(C)c1. The van der Waals surface area contributed by atoms with Gasteiger partial charge in [0.15, 0.2) is 0 Å². The normalized spacial score (nSPS) is 11.7. The molecule has 3 nitrogen and oxygen atoms in total. The van der Waals surface area contributed by atoms with Crippen molar-refractivity contribution in [2.45, 2.75) is 18.7 Å². The second kappa shape index (κ2) is 3.84. The third-order valence-electron chi connectivity index (χ3n) is 1.57. The van der Waals surface area contributed by atoms with Gasteiger partial charge in [-0.25, -0.2) is 0 Å². The molecule has 4 N–H and O–H groups in total. The van der Waals surface area contributed by atoms with Gasteiger partial charge in [0.1, 0.15) is 0 Å². The van der Waals surface area contributed by atoms with Gasteiger partial charge in [-0.3, -0.25) is 15.6 Å². The van der Waals surface area contributed by atoms with E-state index in [1.165, 1.54) is 5.56 Å². The third-order valence-corrected chi connectivity index (χ3v) is 3.96. The van der Waals surface area contributed by atoms with E-state index in [9.17, 15) is 4.57 Å². The molecule has 0 radical (unpaired) electrons. The number of hydrogen-bond acceptors (Lipinski definition) is 2. The topological polar surface area (TPSA) is 69.1 Å². The van der Waals surface area contributed by atoms with Gasteiger partial charge in [-0.15, -0.1) is 0 Å². The minimum Gasteiger partial charge on any atom is -0.277 e. The van der Waals surface area contributed by atoms with Crippen molar-refractivity contribution in [3.05, 3.63) is 29.3 Å². The smallest absolute Gasteiger partial charge is 0.265 e. The predicted molar refractivity (Wildman–Crippen MR) is 57.8 cm³/mol. The summed E-state index contributed by atoms with van der Waals surface area (Å²) >= 11 is 1.05. The quantitative estimate of drug-likeness (QED) is 0.745. The van der Waals surface area contributed by atoms with Gasteiger partial charge in [0.25, 0.3) is 6.65 Å². The summed E-state index contributed by atoms with van der Waals surface area (Å²) in [7, 11) is 0. The summed E-state index contributed by atoms with van der Waals surface area (Å²) < 4.78 is 11.1. The summed E-state index contributed by atoms with van der Waals surface area (Å²) in [6.45, 7) is 0.942. The fourth-order valence-electron chi connectivity index (χ4n) is 1.06. The van der Waals surface area contributed by atoms with Crippen LogP contribution in [0.5, 0.6) is 0 Å². The Bertz CT molecular complexity index is 361. The van der Waals surface area contributed by atoms with E-state index in [0.717, 1.165) is 21.8 Å². The Morgan fingerprint density at radius 3 is 2.38 bits per heavy atom. The minimum absolute atomic E-state index is 0.888. The largest absolute Gasteiger partial charge is 0.277 e. The van der Waals surface area contributed by atoms with Crippen molar-refractivity contribution in [1.29, 1.82) is 0 Å². The van der Waals surface area contributed by atoms with Gasteiger partial charge in [0.2, 0.25) is 0 Å². The van der Waals surface area contributed by atoms with Gasteiger partial charge in [0.05, 0.1) is 0 Å². The molecule has 0 bridgehead atoms. The highest BCUT2D eigenvalue weighted by Crippen LogP contribution is 2.49. The zero-order valence-corrected chi connectivity index (χ0v) is 9.36. The molecule has 0 saturated carbocycles. The van der Waals surface area contributed by atoms with E-state index in [2.05, 4.69) is 0 Å². The fraction of sp³-hybridized carbons (Fsp3) is 0.250. The number of aryl methyl sites for hydroxylation is 2. The first-order chi connectivity index (χ1) is 5.88. The standard InChI is InChI=1S/C8H13N2OPS/c1-6-3-4-8(7(2)5-6)13-12(9,10)11/h3-5H,1-2H3,(H4,9,10,11). The molecule has 0 unspecified atom stereocenters. The number of nitrogens with two attached hydrogens (primary N) is 2. The molecule has 1 aromatic carbocycles. The summed E-state index contributed by atoms with van der Waals surface area (Å²) in [6, 6.07) is 5.85. The van der Waals surface area contributed by atoms with Crippen molar-refractivity contribution in [1.82, 2.24) is 0 Å². The van der Waals surface area contributed by atoms with E-state index < -0.39 is 6.65 Å². The molecule has 0 aliphatic rings. The van der Waals surface area contributed by atoms with Crippen LogP contribution in [0, 0.1) is 13.8 Å². The molecule has 13 heavy (non-hydrogen) atoms. The van der Waals surface area contributed by atoms with E-state index in [1.807, 2.05) is 32.0 Å². The molecule has 0 heterocycles.